The van der Waals surface area contributed by atoms with Crippen LogP contribution in [-0.4, -0.2) is 37.4 Å². The van der Waals surface area contributed by atoms with Crippen LogP contribution in [0.2, 0.25) is 0 Å². The smallest absolute Gasteiger partial charge is 0.336 e. The molecule has 1 aliphatic heterocycles. The number of nitrogens with one attached hydrogen (secondary N) is 1. The molecule has 0 aromatic heterocycles. The predicted octanol–water partition coefficient (Wildman–Crippen LogP) is 6.35. The second kappa shape index (κ2) is 11.7. The summed E-state index contributed by atoms with van der Waals surface area (Å²) in [7, 11) is 1.56. The standard InChI is InChI=1S/C32H33NO5/c1-21(30-18-27(36-2)13-14-29(30)32(34)35)38-26-11-9-24(10-12-26)28-15-16-33-19-31(28)37-20-22-7-8-23-5-3-4-6-25(23)17-22/h3-14,17-18,21,28,31,33H,15-16,19-20H2,1-2H3,(H,34,35). The van der Waals surface area contributed by atoms with Gasteiger partial charge in [0.2, 0.25) is 0 Å². The lowest BCUT2D eigenvalue weighted by atomic mass is 9.87. The molecule has 3 atom stereocenters. The van der Waals surface area contributed by atoms with Crippen molar-refractivity contribution in [3.63, 3.8) is 0 Å². The van der Waals surface area contributed by atoms with Crippen molar-refractivity contribution in [2.45, 2.75) is 38.1 Å². The normalized spacial score (nSPS) is 18.2. The molecule has 2 N–H and O–H groups in total. The summed E-state index contributed by atoms with van der Waals surface area (Å²) in [5, 5.41) is 15.5. The van der Waals surface area contributed by atoms with Gasteiger partial charge in [-0.25, -0.2) is 4.79 Å². The molecule has 0 aliphatic carbocycles. The number of carboxylic acid groups (broad SMARTS) is 1. The van der Waals surface area contributed by atoms with Crippen molar-refractivity contribution in [3.05, 3.63) is 107 Å². The first-order chi connectivity index (χ1) is 18.5. The maximum atomic E-state index is 11.7. The first kappa shape index (κ1) is 25.8. The number of hydrogen-bond acceptors (Lipinski definition) is 5. The molecule has 0 radical (unpaired) electrons. The lowest BCUT2D eigenvalue weighted by Gasteiger charge is -2.32. The molecule has 196 valence electrons. The van der Waals surface area contributed by atoms with E-state index in [9.17, 15) is 9.90 Å². The summed E-state index contributed by atoms with van der Waals surface area (Å²) in [6.45, 7) is 4.17. The van der Waals surface area contributed by atoms with Crippen LogP contribution in [-0.2, 0) is 11.3 Å². The van der Waals surface area contributed by atoms with Crippen LogP contribution in [0.4, 0.5) is 0 Å². The van der Waals surface area contributed by atoms with E-state index >= 15 is 0 Å². The molecule has 5 rings (SSSR count). The second-order valence-corrected chi connectivity index (χ2v) is 9.72. The van der Waals surface area contributed by atoms with Gasteiger partial charge in [0.05, 0.1) is 25.4 Å². The molecular weight excluding hydrogens is 478 g/mol. The fourth-order valence-electron chi connectivity index (χ4n) is 5.18. The third-order valence-corrected chi connectivity index (χ3v) is 7.25. The molecule has 0 spiro atoms. The van der Waals surface area contributed by atoms with E-state index in [0.717, 1.165) is 19.5 Å². The number of methoxy groups -OCH3 is 1. The van der Waals surface area contributed by atoms with Crippen LogP contribution in [0, 0.1) is 0 Å². The van der Waals surface area contributed by atoms with E-state index in [1.807, 2.05) is 19.1 Å². The number of ether oxygens (including phenoxy) is 3. The third-order valence-electron chi connectivity index (χ3n) is 7.25. The van der Waals surface area contributed by atoms with E-state index in [2.05, 4.69) is 59.9 Å². The zero-order valence-corrected chi connectivity index (χ0v) is 21.7. The van der Waals surface area contributed by atoms with E-state index < -0.39 is 12.1 Å². The molecule has 1 aliphatic rings. The number of fused-ring (bicyclic) bond motifs is 1. The summed E-state index contributed by atoms with van der Waals surface area (Å²) >= 11 is 0. The SMILES string of the molecule is COc1ccc(C(=O)O)c(C(C)Oc2ccc(C3CCNCC3OCc3ccc4ccccc4c3)cc2)c1. The van der Waals surface area contributed by atoms with Gasteiger partial charge < -0.3 is 24.6 Å². The Morgan fingerprint density at radius 3 is 2.50 bits per heavy atom. The molecule has 1 fully saturated rings. The maximum absolute atomic E-state index is 11.7. The van der Waals surface area contributed by atoms with Crippen LogP contribution in [0.15, 0.2) is 84.9 Å². The largest absolute Gasteiger partial charge is 0.497 e. The molecule has 1 heterocycles. The number of benzene rings is 4. The van der Waals surface area contributed by atoms with Crippen LogP contribution >= 0.6 is 0 Å². The van der Waals surface area contributed by atoms with Crippen LogP contribution in [0.3, 0.4) is 0 Å². The Morgan fingerprint density at radius 1 is 0.974 bits per heavy atom. The Labute approximate surface area is 223 Å². The molecule has 4 aromatic rings. The lowest BCUT2D eigenvalue weighted by molar-refractivity contribution is 0.0106. The molecule has 4 aromatic carbocycles. The fraction of sp³-hybridized carbons (Fsp3) is 0.281. The first-order valence-corrected chi connectivity index (χ1v) is 13.0. The molecule has 6 nitrogen and oxygen atoms in total. The van der Waals surface area contributed by atoms with Crippen LogP contribution in [0.25, 0.3) is 10.8 Å². The van der Waals surface area contributed by atoms with Crippen molar-refractivity contribution >= 4 is 16.7 Å². The van der Waals surface area contributed by atoms with Crippen molar-refractivity contribution in [2.24, 2.45) is 0 Å². The minimum Gasteiger partial charge on any atom is -0.497 e. The number of piperidine rings is 1. The molecule has 1 saturated heterocycles. The highest BCUT2D eigenvalue weighted by Crippen LogP contribution is 2.32. The van der Waals surface area contributed by atoms with Crippen LogP contribution in [0.5, 0.6) is 11.5 Å². The van der Waals surface area contributed by atoms with Crippen molar-refractivity contribution in [2.75, 3.05) is 20.2 Å². The summed E-state index contributed by atoms with van der Waals surface area (Å²) in [6, 6.07) is 27.9. The Hall–Kier alpha value is -3.87. The molecule has 0 amide bonds. The Morgan fingerprint density at radius 2 is 1.74 bits per heavy atom. The van der Waals surface area contributed by atoms with Gasteiger partial charge in [0.25, 0.3) is 0 Å². The average molecular weight is 512 g/mol. The molecule has 0 saturated carbocycles. The third kappa shape index (κ3) is 5.82. The van der Waals surface area contributed by atoms with E-state index in [-0.39, 0.29) is 17.6 Å². The number of carboxylic acids is 1. The summed E-state index contributed by atoms with van der Waals surface area (Å²) in [5.74, 6) is 0.564. The molecule has 0 bridgehead atoms. The highest BCUT2D eigenvalue weighted by Gasteiger charge is 2.27. The second-order valence-electron chi connectivity index (χ2n) is 9.72. The fourth-order valence-corrected chi connectivity index (χ4v) is 5.18. The monoisotopic (exact) mass is 511 g/mol. The quantitative estimate of drug-likeness (QED) is 0.273. The highest BCUT2D eigenvalue weighted by molar-refractivity contribution is 5.89. The van der Waals surface area contributed by atoms with Gasteiger partial charge in [-0.1, -0.05) is 48.5 Å². The van der Waals surface area contributed by atoms with Gasteiger partial charge >= 0.3 is 5.97 Å². The average Bonchev–Trinajstić information content (AvgIpc) is 2.96. The van der Waals surface area contributed by atoms with Crippen molar-refractivity contribution in [1.82, 2.24) is 5.32 Å². The van der Waals surface area contributed by atoms with E-state index in [4.69, 9.17) is 14.2 Å². The molecule has 3 unspecified atom stereocenters. The molecule has 38 heavy (non-hydrogen) atoms. The topological polar surface area (TPSA) is 77.0 Å². The van der Waals surface area contributed by atoms with Gasteiger partial charge in [-0.15, -0.1) is 0 Å². The molecule has 6 heteroatoms. The van der Waals surface area contributed by atoms with E-state index in [1.165, 1.54) is 21.9 Å². The van der Waals surface area contributed by atoms with Crippen molar-refractivity contribution in [1.29, 1.82) is 0 Å². The van der Waals surface area contributed by atoms with Gasteiger partial charge in [0, 0.05) is 18.0 Å². The maximum Gasteiger partial charge on any atom is 0.336 e. The van der Waals surface area contributed by atoms with Crippen LogP contribution in [0.1, 0.15) is 52.4 Å². The summed E-state index contributed by atoms with van der Waals surface area (Å²) in [5.41, 5.74) is 3.16. The van der Waals surface area contributed by atoms with E-state index in [0.29, 0.717) is 23.7 Å². The number of rotatable bonds is 9. The van der Waals surface area contributed by atoms with Gasteiger partial charge in [-0.3, -0.25) is 0 Å². The van der Waals surface area contributed by atoms with Gasteiger partial charge in [0.1, 0.15) is 17.6 Å². The minimum absolute atomic E-state index is 0.0656. The van der Waals surface area contributed by atoms with E-state index in [1.54, 1.807) is 25.3 Å². The lowest BCUT2D eigenvalue weighted by Crippen LogP contribution is -2.40. The Kier molecular flexibility index (Phi) is 7.91. The zero-order valence-electron chi connectivity index (χ0n) is 21.7. The Balaban J connectivity index is 1.26. The van der Waals surface area contributed by atoms with Crippen LogP contribution < -0.4 is 14.8 Å². The summed E-state index contributed by atoms with van der Waals surface area (Å²) in [6.07, 6.45) is 0.597. The number of aromatic carboxylic acids is 1. The Bertz CT molecular complexity index is 1400. The predicted molar refractivity (Wildman–Crippen MR) is 148 cm³/mol. The van der Waals surface area contributed by atoms with Crippen molar-refractivity contribution in [3.8, 4) is 11.5 Å². The first-order valence-electron chi connectivity index (χ1n) is 13.0. The summed E-state index contributed by atoms with van der Waals surface area (Å²) in [4.78, 5) is 11.7. The molecular formula is C32H33NO5. The van der Waals surface area contributed by atoms with Gasteiger partial charge in [0.15, 0.2) is 0 Å². The zero-order chi connectivity index (χ0) is 26.5. The number of carbonyl (C=O) groups is 1. The summed E-state index contributed by atoms with van der Waals surface area (Å²) < 4.78 is 17.9. The van der Waals surface area contributed by atoms with Gasteiger partial charge in [-0.2, -0.15) is 0 Å². The van der Waals surface area contributed by atoms with Gasteiger partial charge in [-0.05, 0) is 78.2 Å². The number of hydrogen-bond donors (Lipinski definition) is 2. The minimum atomic E-state index is -0.992. The van der Waals surface area contributed by atoms with Crippen molar-refractivity contribution < 1.29 is 24.1 Å². The highest BCUT2D eigenvalue weighted by atomic mass is 16.5.